The van der Waals surface area contributed by atoms with Crippen molar-refractivity contribution in [2.45, 2.75) is 6.92 Å². The Labute approximate surface area is 114 Å². The third kappa shape index (κ3) is 2.68. The Morgan fingerprint density at radius 1 is 1.53 bits per heavy atom. The Hall–Kier alpha value is -2.08. The van der Waals surface area contributed by atoms with Gasteiger partial charge in [0.2, 0.25) is 5.88 Å². The zero-order valence-corrected chi connectivity index (χ0v) is 11.2. The Balaban J connectivity index is 2.53. The van der Waals surface area contributed by atoms with Gasteiger partial charge in [0.05, 0.1) is 18.7 Å². The maximum Gasteiger partial charge on any atom is 0.357 e. The van der Waals surface area contributed by atoms with Gasteiger partial charge in [0.25, 0.3) is 0 Å². The predicted molar refractivity (Wildman–Crippen MR) is 68.9 cm³/mol. The van der Waals surface area contributed by atoms with E-state index in [4.69, 9.17) is 21.1 Å². The lowest BCUT2D eigenvalue weighted by atomic mass is 10.4. The fourth-order valence-electron chi connectivity index (χ4n) is 1.50. The zero-order valence-electron chi connectivity index (χ0n) is 10.5. The predicted octanol–water partition coefficient (Wildman–Crippen LogP) is 2.11. The summed E-state index contributed by atoms with van der Waals surface area (Å²) in [7, 11) is 1.46. The Bertz CT molecular complexity index is 598. The molecule has 6 nitrogen and oxygen atoms in total. The highest BCUT2D eigenvalue weighted by molar-refractivity contribution is 6.32. The van der Waals surface area contributed by atoms with Crippen molar-refractivity contribution in [3.63, 3.8) is 0 Å². The van der Waals surface area contributed by atoms with Crippen LogP contribution in [-0.2, 0) is 4.74 Å². The van der Waals surface area contributed by atoms with Crippen LogP contribution in [0.4, 0.5) is 0 Å². The molecule has 0 spiro atoms. The van der Waals surface area contributed by atoms with Crippen LogP contribution in [0.25, 0.3) is 5.82 Å². The van der Waals surface area contributed by atoms with E-state index in [-0.39, 0.29) is 18.2 Å². The van der Waals surface area contributed by atoms with Gasteiger partial charge in [0.15, 0.2) is 11.5 Å². The molecule has 2 aromatic rings. The smallest absolute Gasteiger partial charge is 0.357 e. The quantitative estimate of drug-likeness (QED) is 0.803. The van der Waals surface area contributed by atoms with E-state index in [9.17, 15) is 4.79 Å². The fourth-order valence-corrected chi connectivity index (χ4v) is 1.71. The number of methoxy groups -OCH3 is 1. The van der Waals surface area contributed by atoms with Gasteiger partial charge in [-0.2, -0.15) is 0 Å². The number of hydrogen-bond donors (Lipinski definition) is 0. The number of carbonyl (C=O) groups is 1. The summed E-state index contributed by atoms with van der Waals surface area (Å²) >= 11 is 6.05. The van der Waals surface area contributed by atoms with Crippen molar-refractivity contribution in [3.05, 3.63) is 35.1 Å². The average Bonchev–Trinajstić information content (AvgIpc) is 2.83. The molecule has 0 aliphatic heterocycles. The van der Waals surface area contributed by atoms with E-state index in [1.54, 1.807) is 25.3 Å². The molecule has 0 aliphatic rings. The maximum atomic E-state index is 11.9. The number of esters is 1. The molecule has 2 rings (SSSR count). The number of hydrogen-bond acceptors (Lipinski definition) is 5. The van der Waals surface area contributed by atoms with E-state index in [0.717, 1.165) is 0 Å². The highest BCUT2D eigenvalue weighted by atomic mass is 35.5. The minimum Gasteiger partial charge on any atom is -0.480 e. The van der Waals surface area contributed by atoms with Crippen LogP contribution in [0.2, 0.25) is 5.02 Å². The molecule has 100 valence electrons. The van der Waals surface area contributed by atoms with E-state index in [0.29, 0.717) is 10.8 Å². The first kappa shape index (κ1) is 13.4. The van der Waals surface area contributed by atoms with Gasteiger partial charge in [-0.3, -0.25) is 0 Å². The molecule has 2 aromatic heterocycles. The molecule has 7 heteroatoms. The highest BCUT2D eigenvalue weighted by Gasteiger charge is 2.20. The standard InChI is InChI=1S/C12H12ClN3O3/c1-3-19-12(17)9-7-10(18-2)15-16(9)11-8(13)5-4-6-14-11/h4-7H,3H2,1-2H3. The number of rotatable bonds is 4. The molecule has 0 fully saturated rings. The molecule has 0 saturated carbocycles. The Morgan fingerprint density at radius 3 is 2.95 bits per heavy atom. The van der Waals surface area contributed by atoms with Crippen molar-refractivity contribution in [1.82, 2.24) is 14.8 Å². The second kappa shape index (κ2) is 5.71. The van der Waals surface area contributed by atoms with Gasteiger partial charge < -0.3 is 9.47 Å². The summed E-state index contributed by atoms with van der Waals surface area (Å²) in [5, 5.41) is 4.48. The summed E-state index contributed by atoms with van der Waals surface area (Å²) in [5.74, 6) is 0.111. The van der Waals surface area contributed by atoms with Crippen molar-refractivity contribution in [2.75, 3.05) is 13.7 Å². The van der Waals surface area contributed by atoms with Crippen LogP contribution in [0, 0.1) is 0 Å². The van der Waals surface area contributed by atoms with Crippen LogP contribution in [0.5, 0.6) is 5.88 Å². The molecule has 0 saturated heterocycles. The Kier molecular flexibility index (Phi) is 4.01. The second-order valence-corrected chi connectivity index (χ2v) is 3.92. The third-order valence-electron chi connectivity index (χ3n) is 2.32. The molecule has 2 heterocycles. The van der Waals surface area contributed by atoms with Gasteiger partial charge in [-0.25, -0.2) is 14.5 Å². The summed E-state index contributed by atoms with van der Waals surface area (Å²) in [5.41, 5.74) is 0.208. The first-order valence-electron chi connectivity index (χ1n) is 5.59. The highest BCUT2D eigenvalue weighted by Crippen LogP contribution is 2.22. The summed E-state index contributed by atoms with van der Waals surface area (Å²) < 4.78 is 11.3. The van der Waals surface area contributed by atoms with Crippen molar-refractivity contribution in [2.24, 2.45) is 0 Å². The third-order valence-corrected chi connectivity index (χ3v) is 2.62. The molecule has 0 unspecified atom stereocenters. The molecule has 0 atom stereocenters. The van der Waals surface area contributed by atoms with Crippen LogP contribution in [0.3, 0.4) is 0 Å². The number of pyridine rings is 1. The zero-order chi connectivity index (χ0) is 13.8. The fraction of sp³-hybridized carbons (Fsp3) is 0.250. The molecular weight excluding hydrogens is 270 g/mol. The summed E-state index contributed by atoms with van der Waals surface area (Å²) in [6, 6.07) is 4.83. The van der Waals surface area contributed by atoms with Gasteiger partial charge in [-0.05, 0) is 19.1 Å². The van der Waals surface area contributed by atoms with Crippen LogP contribution < -0.4 is 4.74 Å². The normalized spacial score (nSPS) is 10.3. The Morgan fingerprint density at radius 2 is 2.32 bits per heavy atom. The van der Waals surface area contributed by atoms with Crippen molar-refractivity contribution >= 4 is 17.6 Å². The van der Waals surface area contributed by atoms with Gasteiger partial charge in [-0.15, -0.1) is 5.10 Å². The number of nitrogens with zero attached hydrogens (tertiary/aromatic N) is 3. The van der Waals surface area contributed by atoms with Gasteiger partial charge in [0, 0.05) is 12.3 Å². The van der Waals surface area contributed by atoms with Crippen LogP contribution in [0.15, 0.2) is 24.4 Å². The summed E-state index contributed by atoms with van der Waals surface area (Å²) in [6.07, 6.45) is 1.56. The minimum absolute atomic E-state index is 0.208. The second-order valence-electron chi connectivity index (χ2n) is 3.51. The maximum absolute atomic E-state index is 11.9. The topological polar surface area (TPSA) is 66.2 Å². The SMILES string of the molecule is CCOC(=O)c1cc(OC)nn1-c1ncccc1Cl. The van der Waals surface area contributed by atoms with E-state index in [1.165, 1.54) is 17.9 Å². The lowest BCUT2D eigenvalue weighted by molar-refractivity contribution is 0.0515. The first-order valence-corrected chi connectivity index (χ1v) is 5.97. The lowest BCUT2D eigenvalue weighted by Gasteiger charge is -2.06. The molecule has 0 aromatic carbocycles. The summed E-state index contributed by atoms with van der Waals surface area (Å²) in [6.45, 7) is 1.99. The van der Waals surface area contributed by atoms with E-state index in [1.807, 2.05) is 0 Å². The van der Waals surface area contributed by atoms with Crippen LogP contribution in [0.1, 0.15) is 17.4 Å². The van der Waals surface area contributed by atoms with Gasteiger partial charge >= 0.3 is 5.97 Å². The molecule has 0 amide bonds. The lowest BCUT2D eigenvalue weighted by Crippen LogP contribution is -2.13. The van der Waals surface area contributed by atoms with E-state index < -0.39 is 5.97 Å². The number of carbonyl (C=O) groups excluding carboxylic acids is 1. The van der Waals surface area contributed by atoms with Crippen molar-refractivity contribution < 1.29 is 14.3 Å². The van der Waals surface area contributed by atoms with Gasteiger partial charge in [0.1, 0.15) is 0 Å². The minimum atomic E-state index is -0.514. The van der Waals surface area contributed by atoms with Gasteiger partial charge in [-0.1, -0.05) is 11.6 Å². The molecule has 0 N–H and O–H groups in total. The van der Waals surface area contributed by atoms with Crippen molar-refractivity contribution in [3.8, 4) is 11.7 Å². The molecule has 0 bridgehead atoms. The number of halogens is 1. The average molecular weight is 282 g/mol. The monoisotopic (exact) mass is 281 g/mol. The summed E-state index contributed by atoms with van der Waals surface area (Å²) in [4.78, 5) is 16.0. The molecule has 19 heavy (non-hydrogen) atoms. The first-order chi connectivity index (χ1) is 9.17. The molecular formula is C12H12ClN3O3. The van der Waals surface area contributed by atoms with E-state index >= 15 is 0 Å². The molecule has 0 radical (unpaired) electrons. The largest absolute Gasteiger partial charge is 0.480 e. The van der Waals surface area contributed by atoms with Crippen molar-refractivity contribution in [1.29, 1.82) is 0 Å². The van der Waals surface area contributed by atoms with E-state index in [2.05, 4.69) is 10.1 Å². The number of aromatic nitrogens is 3. The number of ether oxygens (including phenoxy) is 2. The van der Waals surface area contributed by atoms with Crippen LogP contribution >= 0.6 is 11.6 Å². The molecule has 0 aliphatic carbocycles. The van der Waals surface area contributed by atoms with Crippen LogP contribution in [-0.4, -0.2) is 34.5 Å².